The highest BCUT2D eigenvalue weighted by atomic mass is 14.8. The molecule has 2 aliphatic carbocycles. The van der Waals surface area contributed by atoms with E-state index in [2.05, 4.69) is 50.0 Å². The normalized spacial score (nSPS) is 28.4. The van der Waals surface area contributed by atoms with Crippen molar-refractivity contribution < 1.29 is 0 Å². The van der Waals surface area contributed by atoms with Crippen LogP contribution in [0.1, 0.15) is 50.8 Å². The molecule has 1 aromatic carbocycles. The van der Waals surface area contributed by atoms with Crippen molar-refractivity contribution >= 4 is 21.8 Å². The Hall–Kier alpha value is -1.96. The summed E-state index contributed by atoms with van der Waals surface area (Å²) in [6.45, 7) is 7.26. The Bertz CT molecular complexity index is 941. The molecule has 110 valence electrons. The van der Waals surface area contributed by atoms with Crippen LogP contribution in [0.5, 0.6) is 0 Å². The Morgan fingerprint density at radius 1 is 1.05 bits per heavy atom. The molecule has 2 nitrogen and oxygen atoms in total. The van der Waals surface area contributed by atoms with E-state index in [1.54, 1.807) is 0 Å². The van der Waals surface area contributed by atoms with E-state index in [0.29, 0.717) is 11.3 Å². The van der Waals surface area contributed by atoms with Crippen LogP contribution >= 0.6 is 0 Å². The van der Waals surface area contributed by atoms with Gasteiger partial charge in [-0.1, -0.05) is 39.0 Å². The first-order chi connectivity index (χ1) is 10.5. The van der Waals surface area contributed by atoms with Crippen LogP contribution in [0.15, 0.2) is 36.5 Å². The number of rotatable bonds is 0. The Morgan fingerprint density at radius 2 is 1.86 bits per heavy atom. The van der Waals surface area contributed by atoms with E-state index in [0.717, 1.165) is 11.0 Å². The van der Waals surface area contributed by atoms with Crippen LogP contribution in [-0.2, 0) is 5.41 Å². The molecule has 0 saturated heterocycles. The zero-order valence-electron chi connectivity index (χ0n) is 13.4. The zero-order chi connectivity index (χ0) is 15.1. The van der Waals surface area contributed by atoms with Crippen LogP contribution in [0.3, 0.4) is 0 Å². The van der Waals surface area contributed by atoms with Crippen LogP contribution in [0.25, 0.3) is 21.8 Å². The van der Waals surface area contributed by atoms with E-state index in [4.69, 9.17) is 4.98 Å². The summed E-state index contributed by atoms with van der Waals surface area (Å²) in [5.74, 6) is 0.656. The molecule has 0 amide bonds. The Morgan fingerprint density at radius 3 is 2.73 bits per heavy atom. The van der Waals surface area contributed by atoms with Gasteiger partial charge in [-0.3, -0.25) is 4.98 Å². The van der Waals surface area contributed by atoms with Crippen molar-refractivity contribution in [1.29, 1.82) is 0 Å². The van der Waals surface area contributed by atoms with Crippen LogP contribution in [0.4, 0.5) is 0 Å². The third-order valence-corrected chi connectivity index (χ3v) is 6.71. The minimum atomic E-state index is 0.206. The summed E-state index contributed by atoms with van der Waals surface area (Å²) in [6.07, 6.45) is 4.43. The summed E-state index contributed by atoms with van der Waals surface area (Å²) < 4.78 is 0. The minimum absolute atomic E-state index is 0.206. The molecule has 1 fully saturated rings. The largest absolute Gasteiger partial charge is 0.254 e. The lowest BCUT2D eigenvalue weighted by atomic mass is 9.70. The van der Waals surface area contributed by atoms with Gasteiger partial charge in [0.1, 0.15) is 0 Å². The first-order valence-electron chi connectivity index (χ1n) is 8.21. The number of hydrogen-bond acceptors (Lipinski definition) is 2. The molecule has 5 rings (SSSR count). The third kappa shape index (κ3) is 1.24. The van der Waals surface area contributed by atoms with Crippen LogP contribution in [0.2, 0.25) is 0 Å². The van der Waals surface area contributed by atoms with Crippen LogP contribution in [-0.4, -0.2) is 9.97 Å². The Labute approximate surface area is 130 Å². The molecule has 22 heavy (non-hydrogen) atoms. The molecule has 0 spiro atoms. The second-order valence-corrected chi connectivity index (χ2v) is 7.78. The van der Waals surface area contributed by atoms with Crippen molar-refractivity contribution in [3.63, 3.8) is 0 Å². The number of hydrogen-bond donors (Lipinski definition) is 0. The predicted octanol–water partition coefficient (Wildman–Crippen LogP) is 4.96. The molecule has 0 radical (unpaired) electrons. The van der Waals surface area contributed by atoms with Gasteiger partial charge in [-0.25, -0.2) is 4.98 Å². The van der Waals surface area contributed by atoms with Gasteiger partial charge in [-0.05, 0) is 41.9 Å². The molecule has 0 N–H and O–H groups in total. The van der Waals surface area contributed by atoms with Crippen molar-refractivity contribution in [2.45, 2.75) is 44.9 Å². The highest BCUT2D eigenvalue weighted by Crippen LogP contribution is 2.67. The molecule has 2 atom stereocenters. The summed E-state index contributed by atoms with van der Waals surface area (Å²) in [5, 5.41) is 2.41. The maximum absolute atomic E-state index is 5.17. The maximum atomic E-state index is 5.17. The summed E-state index contributed by atoms with van der Waals surface area (Å²) >= 11 is 0. The van der Waals surface area contributed by atoms with Gasteiger partial charge in [0.15, 0.2) is 0 Å². The maximum Gasteiger partial charge on any atom is 0.0968 e. The van der Waals surface area contributed by atoms with E-state index in [1.807, 2.05) is 12.3 Å². The fourth-order valence-corrected chi connectivity index (χ4v) is 4.97. The highest BCUT2D eigenvalue weighted by Gasteiger charge is 2.60. The number of aromatic nitrogens is 2. The monoisotopic (exact) mass is 288 g/mol. The SMILES string of the molecule is CC1(C)[C@@H]2CC[C@@]1(C)c1nc3c(ccc4cccnc43)cc12. The lowest BCUT2D eigenvalue weighted by molar-refractivity contribution is 0.227. The lowest BCUT2D eigenvalue weighted by Crippen LogP contribution is -2.31. The van der Waals surface area contributed by atoms with Gasteiger partial charge < -0.3 is 0 Å². The number of fused-ring (bicyclic) bond motifs is 8. The average molecular weight is 288 g/mol. The Balaban J connectivity index is 1.91. The van der Waals surface area contributed by atoms with Gasteiger partial charge >= 0.3 is 0 Å². The minimum Gasteiger partial charge on any atom is -0.254 e. The van der Waals surface area contributed by atoms with Crippen molar-refractivity contribution in [3.8, 4) is 0 Å². The highest BCUT2D eigenvalue weighted by molar-refractivity contribution is 6.03. The van der Waals surface area contributed by atoms with Crippen molar-refractivity contribution in [2.75, 3.05) is 0 Å². The molecule has 2 aromatic heterocycles. The van der Waals surface area contributed by atoms with Crippen LogP contribution < -0.4 is 0 Å². The second kappa shape index (κ2) is 3.68. The summed E-state index contributed by atoms with van der Waals surface area (Å²) in [4.78, 5) is 9.76. The van der Waals surface area contributed by atoms with E-state index in [1.165, 1.54) is 34.9 Å². The van der Waals surface area contributed by atoms with Crippen molar-refractivity contribution in [3.05, 3.63) is 47.8 Å². The van der Waals surface area contributed by atoms with E-state index in [-0.39, 0.29) is 5.41 Å². The zero-order valence-corrected chi connectivity index (χ0v) is 13.4. The molecular formula is C20H20N2. The summed E-state index contributed by atoms with van der Waals surface area (Å²) in [7, 11) is 0. The quantitative estimate of drug-likeness (QED) is 0.546. The fourth-order valence-electron chi connectivity index (χ4n) is 4.97. The topological polar surface area (TPSA) is 25.8 Å². The molecular weight excluding hydrogens is 268 g/mol. The van der Waals surface area contributed by atoms with Gasteiger partial charge in [-0.15, -0.1) is 0 Å². The fraction of sp³-hybridized carbons (Fsp3) is 0.400. The molecule has 2 heterocycles. The smallest absolute Gasteiger partial charge is 0.0968 e. The summed E-state index contributed by atoms with van der Waals surface area (Å²) in [5.41, 5.74) is 5.44. The Kier molecular flexibility index (Phi) is 2.10. The first-order valence-corrected chi connectivity index (χ1v) is 8.21. The van der Waals surface area contributed by atoms with Gasteiger partial charge in [-0.2, -0.15) is 0 Å². The standard InChI is InChI=1S/C20H20N2/c1-19(2)15-8-9-20(19,3)18-14(15)11-13-7-6-12-5-4-10-21-16(12)17(13)22-18/h4-7,10-11,15H,8-9H2,1-3H3/t15-,20+/m1/s1. The van der Waals surface area contributed by atoms with Gasteiger partial charge in [0.25, 0.3) is 0 Å². The number of pyridine rings is 2. The molecule has 0 unspecified atom stereocenters. The molecule has 2 aliphatic rings. The molecule has 3 aromatic rings. The van der Waals surface area contributed by atoms with Gasteiger partial charge in [0.05, 0.1) is 16.7 Å². The third-order valence-electron chi connectivity index (χ3n) is 6.71. The van der Waals surface area contributed by atoms with Crippen LogP contribution in [0, 0.1) is 5.41 Å². The van der Waals surface area contributed by atoms with E-state index >= 15 is 0 Å². The molecule has 2 bridgehead atoms. The molecule has 2 heteroatoms. The number of benzene rings is 1. The van der Waals surface area contributed by atoms with E-state index < -0.39 is 0 Å². The van der Waals surface area contributed by atoms with Gasteiger partial charge in [0, 0.05) is 22.4 Å². The van der Waals surface area contributed by atoms with Crippen molar-refractivity contribution in [1.82, 2.24) is 9.97 Å². The molecule has 0 aliphatic heterocycles. The summed E-state index contributed by atoms with van der Waals surface area (Å²) in [6, 6.07) is 10.9. The lowest BCUT2D eigenvalue weighted by Gasteiger charge is -2.34. The number of nitrogens with zero attached hydrogens (tertiary/aromatic N) is 2. The average Bonchev–Trinajstić information content (AvgIpc) is 2.85. The predicted molar refractivity (Wildman–Crippen MR) is 90.2 cm³/mol. The molecule has 1 saturated carbocycles. The van der Waals surface area contributed by atoms with E-state index in [9.17, 15) is 0 Å². The van der Waals surface area contributed by atoms with Crippen molar-refractivity contribution in [2.24, 2.45) is 5.41 Å². The second-order valence-electron chi connectivity index (χ2n) is 7.78. The first kappa shape index (κ1) is 12.6. The van der Waals surface area contributed by atoms with Gasteiger partial charge in [0.2, 0.25) is 0 Å².